The lowest BCUT2D eigenvalue weighted by atomic mass is 9.66. The highest BCUT2D eigenvalue weighted by molar-refractivity contribution is 4.82. The van der Waals surface area contributed by atoms with Crippen molar-refractivity contribution in [3.8, 4) is 0 Å². The highest BCUT2D eigenvalue weighted by Gasteiger charge is 2.32. The van der Waals surface area contributed by atoms with Crippen molar-refractivity contribution in [2.45, 2.75) is 53.9 Å². The number of hydrogen-bond donors (Lipinski definition) is 0. The van der Waals surface area contributed by atoms with Crippen molar-refractivity contribution in [2.75, 3.05) is 0 Å². The summed E-state index contributed by atoms with van der Waals surface area (Å²) < 4.78 is 0. The third-order valence-electron chi connectivity index (χ3n) is 3.93. The molecule has 1 fully saturated rings. The molecular weight excluding hydrogens is 156 g/mol. The first-order chi connectivity index (χ1) is 6.02. The summed E-state index contributed by atoms with van der Waals surface area (Å²) in [5.74, 6) is 4.73. The summed E-state index contributed by atoms with van der Waals surface area (Å²) >= 11 is 0. The summed E-state index contributed by atoms with van der Waals surface area (Å²) in [6, 6.07) is 0. The van der Waals surface area contributed by atoms with Crippen LogP contribution in [0.1, 0.15) is 53.9 Å². The minimum absolute atomic E-state index is 0.884. The largest absolute Gasteiger partial charge is 0.0625 e. The Balaban J connectivity index is 2.60. The van der Waals surface area contributed by atoms with Crippen molar-refractivity contribution in [3.63, 3.8) is 0 Å². The summed E-state index contributed by atoms with van der Waals surface area (Å²) in [7, 11) is 0. The minimum Gasteiger partial charge on any atom is -0.0625 e. The second-order valence-electron chi connectivity index (χ2n) is 5.73. The van der Waals surface area contributed by atoms with Crippen LogP contribution < -0.4 is 0 Å². The van der Waals surface area contributed by atoms with Crippen LogP contribution in [0.25, 0.3) is 0 Å². The first-order valence-corrected chi connectivity index (χ1v) is 6.02. The third kappa shape index (κ3) is 2.72. The smallest absolute Gasteiger partial charge is 0.0358 e. The first kappa shape index (κ1) is 11.1. The SMILES string of the molecule is CC(C)C1C[C@H](C)CC[C@@H]1C(C)C. The van der Waals surface area contributed by atoms with E-state index in [1.165, 1.54) is 19.3 Å². The molecule has 0 heteroatoms. The Morgan fingerprint density at radius 3 is 1.85 bits per heavy atom. The number of hydrogen-bond acceptors (Lipinski definition) is 0. The van der Waals surface area contributed by atoms with E-state index >= 15 is 0 Å². The van der Waals surface area contributed by atoms with Crippen molar-refractivity contribution in [2.24, 2.45) is 29.6 Å². The predicted molar refractivity (Wildman–Crippen MR) is 59.7 cm³/mol. The Bertz CT molecular complexity index is 146. The molecule has 1 rings (SSSR count). The van der Waals surface area contributed by atoms with Crippen LogP contribution >= 0.6 is 0 Å². The van der Waals surface area contributed by atoms with Gasteiger partial charge in [-0.2, -0.15) is 0 Å². The van der Waals surface area contributed by atoms with E-state index in [4.69, 9.17) is 0 Å². The van der Waals surface area contributed by atoms with Gasteiger partial charge in [-0.25, -0.2) is 0 Å². The Hall–Kier alpha value is 0. The van der Waals surface area contributed by atoms with Crippen LogP contribution in [0.2, 0.25) is 0 Å². The van der Waals surface area contributed by atoms with Gasteiger partial charge < -0.3 is 0 Å². The standard InChI is InChI=1S/C13H26/c1-9(2)12-7-6-11(5)8-13(12)10(3)4/h9-13H,6-8H2,1-5H3/t11-,12-,13?/m1/s1. The molecule has 0 aromatic carbocycles. The molecule has 0 amide bonds. The van der Waals surface area contributed by atoms with Gasteiger partial charge in [0.15, 0.2) is 0 Å². The molecule has 13 heavy (non-hydrogen) atoms. The van der Waals surface area contributed by atoms with Gasteiger partial charge in [-0.3, -0.25) is 0 Å². The summed E-state index contributed by atoms with van der Waals surface area (Å²) in [5, 5.41) is 0. The van der Waals surface area contributed by atoms with Crippen molar-refractivity contribution in [1.82, 2.24) is 0 Å². The third-order valence-corrected chi connectivity index (χ3v) is 3.93. The topological polar surface area (TPSA) is 0 Å². The lowest BCUT2D eigenvalue weighted by Gasteiger charge is -2.39. The monoisotopic (exact) mass is 182 g/mol. The minimum atomic E-state index is 0.884. The van der Waals surface area contributed by atoms with Crippen molar-refractivity contribution < 1.29 is 0 Å². The fourth-order valence-corrected chi connectivity index (χ4v) is 3.04. The summed E-state index contributed by atoms with van der Waals surface area (Å²) in [6.45, 7) is 12.0. The normalized spacial score (nSPS) is 35.8. The highest BCUT2D eigenvalue weighted by atomic mass is 14.4. The van der Waals surface area contributed by atoms with E-state index in [-0.39, 0.29) is 0 Å². The zero-order valence-corrected chi connectivity index (χ0v) is 10.0. The Morgan fingerprint density at radius 1 is 0.846 bits per heavy atom. The summed E-state index contributed by atoms with van der Waals surface area (Å²) in [5.41, 5.74) is 0. The van der Waals surface area contributed by atoms with Crippen LogP contribution in [0, 0.1) is 29.6 Å². The van der Waals surface area contributed by atoms with Gasteiger partial charge in [0.1, 0.15) is 0 Å². The van der Waals surface area contributed by atoms with Crippen LogP contribution in [-0.4, -0.2) is 0 Å². The van der Waals surface area contributed by atoms with Gasteiger partial charge in [-0.05, 0) is 42.4 Å². The van der Waals surface area contributed by atoms with E-state index in [1.54, 1.807) is 0 Å². The average Bonchev–Trinajstić information content (AvgIpc) is 2.03. The van der Waals surface area contributed by atoms with Gasteiger partial charge in [0.05, 0.1) is 0 Å². The molecule has 78 valence electrons. The van der Waals surface area contributed by atoms with Gasteiger partial charge in [0, 0.05) is 0 Å². The van der Waals surface area contributed by atoms with Crippen LogP contribution in [0.5, 0.6) is 0 Å². The molecule has 0 N–H and O–H groups in total. The summed E-state index contributed by atoms with van der Waals surface area (Å²) in [6.07, 6.45) is 4.41. The molecule has 1 aliphatic carbocycles. The molecule has 3 atom stereocenters. The molecule has 0 aliphatic heterocycles. The molecule has 0 bridgehead atoms. The molecular formula is C13H26. The highest BCUT2D eigenvalue weighted by Crippen LogP contribution is 2.41. The Morgan fingerprint density at radius 2 is 1.38 bits per heavy atom. The van der Waals surface area contributed by atoms with E-state index in [0.717, 1.165) is 29.6 Å². The van der Waals surface area contributed by atoms with Gasteiger partial charge >= 0.3 is 0 Å². The zero-order chi connectivity index (χ0) is 10.0. The van der Waals surface area contributed by atoms with Crippen LogP contribution in [-0.2, 0) is 0 Å². The molecule has 1 saturated carbocycles. The second kappa shape index (κ2) is 4.48. The van der Waals surface area contributed by atoms with E-state index in [9.17, 15) is 0 Å². The van der Waals surface area contributed by atoms with Gasteiger partial charge in [-0.15, -0.1) is 0 Å². The fraction of sp³-hybridized carbons (Fsp3) is 1.00. The molecule has 0 saturated heterocycles. The van der Waals surface area contributed by atoms with Gasteiger partial charge in [0.25, 0.3) is 0 Å². The van der Waals surface area contributed by atoms with E-state index in [2.05, 4.69) is 34.6 Å². The maximum Gasteiger partial charge on any atom is -0.0358 e. The second-order valence-corrected chi connectivity index (χ2v) is 5.73. The Kier molecular flexibility index (Phi) is 3.82. The van der Waals surface area contributed by atoms with Gasteiger partial charge in [-0.1, -0.05) is 41.0 Å². The molecule has 0 aromatic rings. The van der Waals surface area contributed by atoms with Crippen LogP contribution in [0.15, 0.2) is 0 Å². The lowest BCUT2D eigenvalue weighted by Crippen LogP contribution is -2.30. The van der Waals surface area contributed by atoms with Crippen molar-refractivity contribution in [1.29, 1.82) is 0 Å². The Labute approximate surface area is 84.1 Å². The molecule has 1 aliphatic rings. The fourth-order valence-electron chi connectivity index (χ4n) is 3.04. The van der Waals surface area contributed by atoms with Crippen molar-refractivity contribution in [3.05, 3.63) is 0 Å². The van der Waals surface area contributed by atoms with Crippen molar-refractivity contribution >= 4 is 0 Å². The van der Waals surface area contributed by atoms with Crippen LogP contribution in [0.4, 0.5) is 0 Å². The van der Waals surface area contributed by atoms with E-state index in [1.807, 2.05) is 0 Å². The molecule has 0 nitrogen and oxygen atoms in total. The quantitative estimate of drug-likeness (QED) is 0.595. The van der Waals surface area contributed by atoms with Gasteiger partial charge in [0.2, 0.25) is 0 Å². The number of rotatable bonds is 2. The zero-order valence-electron chi connectivity index (χ0n) is 10.0. The molecule has 0 spiro atoms. The molecule has 0 radical (unpaired) electrons. The molecule has 1 unspecified atom stereocenters. The first-order valence-electron chi connectivity index (χ1n) is 6.02. The van der Waals surface area contributed by atoms with Crippen LogP contribution in [0.3, 0.4) is 0 Å². The average molecular weight is 182 g/mol. The maximum atomic E-state index is 2.42. The van der Waals surface area contributed by atoms with E-state index < -0.39 is 0 Å². The molecule has 0 aromatic heterocycles. The lowest BCUT2D eigenvalue weighted by molar-refractivity contribution is 0.106. The van der Waals surface area contributed by atoms with E-state index in [0.29, 0.717) is 0 Å². The molecule has 0 heterocycles. The predicted octanol–water partition coefficient (Wildman–Crippen LogP) is 4.35. The maximum absolute atomic E-state index is 2.42. The summed E-state index contributed by atoms with van der Waals surface area (Å²) in [4.78, 5) is 0.